The van der Waals surface area contributed by atoms with Crippen molar-refractivity contribution >= 4 is 11.3 Å². The monoisotopic (exact) mass is 320 g/mol. The van der Waals surface area contributed by atoms with Crippen molar-refractivity contribution in [1.82, 2.24) is 0 Å². The summed E-state index contributed by atoms with van der Waals surface area (Å²) in [5.41, 5.74) is 4.16. The van der Waals surface area contributed by atoms with Crippen LogP contribution in [0.5, 0.6) is 0 Å². The average Bonchev–Trinajstić information content (AvgIpc) is 2.99. The lowest BCUT2D eigenvalue weighted by molar-refractivity contribution is 0.723. The lowest BCUT2D eigenvalue weighted by Gasteiger charge is -2.04. The molecule has 118 valence electrons. The van der Waals surface area contributed by atoms with Crippen LogP contribution in [0.1, 0.15) is 41.5 Å². The molecule has 0 spiro atoms. The van der Waals surface area contributed by atoms with E-state index in [1.54, 1.807) is 0 Å². The summed E-state index contributed by atoms with van der Waals surface area (Å²) >= 11 is 2.00. The first kappa shape index (κ1) is 16.0. The Balaban J connectivity index is 1.89. The molecule has 0 unspecified atom stereocenters. The molecule has 0 bridgehead atoms. The highest BCUT2D eigenvalue weighted by atomic mass is 32.1. The van der Waals surface area contributed by atoms with Gasteiger partial charge in [0, 0.05) is 16.2 Å². The van der Waals surface area contributed by atoms with Crippen LogP contribution in [-0.2, 0) is 12.8 Å². The molecule has 1 heterocycles. The molecular formula is C22H24S. The van der Waals surface area contributed by atoms with Gasteiger partial charge in [-0.15, -0.1) is 11.3 Å². The van der Waals surface area contributed by atoms with E-state index < -0.39 is 0 Å². The normalized spacial score (nSPS) is 10.8. The average molecular weight is 321 g/mol. The number of aryl methyl sites for hydroxylation is 1. The summed E-state index contributed by atoms with van der Waals surface area (Å²) in [6.45, 7) is 2.27. The zero-order valence-corrected chi connectivity index (χ0v) is 14.6. The number of hydrogen-bond donors (Lipinski definition) is 0. The summed E-state index contributed by atoms with van der Waals surface area (Å²) in [6, 6.07) is 24.1. The van der Waals surface area contributed by atoms with Crippen LogP contribution >= 0.6 is 11.3 Å². The van der Waals surface area contributed by atoms with E-state index >= 15 is 0 Å². The molecular weight excluding hydrogens is 296 g/mol. The second-order valence-electron chi connectivity index (χ2n) is 6.04. The van der Waals surface area contributed by atoms with Crippen LogP contribution in [0, 0.1) is 0 Å². The van der Waals surface area contributed by atoms with E-state index in [9.17, 15) is 0 Å². The Morgan fingerprint density at radius 2 is 1.52 bits per heavy atom. The van der Waals surface area contributed by atoms with Crippen LogP contribution in [-0.4, -0.2) is 0 Å². The Morgan fingerprint density at radius 1 is 0.826 bits per heavy atom. The van der Waals surface area contributed by atoms with Crippen molar-refractivity contribution in [3.8, 4) is 11.1 Å². The number of rotatable bonds is 7. The molecule has 0 aliphatic heterocycles. The summed E-state index contributed by atoms with van der Waals surface area (Å²) < 4.78 is 0. The maximum atomic E-state index is 2.42. The SMILES string of the molecule is CCCCCc1cc(-c2ccccc2)c(Cc2ccccc2)s1. The van der Waals surface area contributed by atoms with Crippen LogP contribution in [0.2, 0.25) is 0 Å². The molecule has 3 aromatic rings. The van der Waals surface area contributed by atoms with Gasteiger partial charge in [0.1, 0.15) is 0 Å². The van der Waals surface area contributed by atoms with E-state index in [-0.39, 0.29) is 0 Å². The predicted molar refractivity (Wildman–Crippen MR) is 102 cm³/mol. The standard InChI is InChI=1S/C22H24S/c1-2-3-6-15-20-17-21(19-13-9-5-10-14-19)22(23-20)16-18-11-7-4-8-12-18/h4-5,7-14,17H,2-3,6,15-16H2,1H3. The Kier molecular flexibility index (Phi) is 5.65. The Bertz CT molecular complexity index is 710. The minimum absolute atomic E-state index is 1.03. The molecule has 0 radical (unpaired) electrons. The summed E-state index contributed by atoms with van der Waals surface area (Å²) in [6.07, 6.45) is 6.16. The number of benzene rings is 2. The highest BCUT2D eigenvalue weighted by Crippen LogP contribution is 2.34. The second kappa shape index (κ2) is 8.12. The van der Waals surface area contributed by atoms with Gasteiger partial charge in [0.2, 0.25) is 0 Å². The van der Waals surface area contributed by atoms with Gasteiger partial charge >= 0.3 is 0 Å². The molecule has 3 rings (SSSR count). The van der Waals surface area contributed by atoms with Gasteiger partial charge in [0.15, 0.2) is 0 Å². The minimum Gasteiger partial charge on any atom is -0.144 e. The number of hydrogen-bond acceptors (Lipinski definition) is 1. The molecule has 2 aromatic carbocycles. The van der Waals surface area contributed by atoms with E-state index in [0.717, 1.165) is 6.42 Å². The molecule has 23 heavy (non-hydrogen) atoms. The molecule has 0 nitrogen and oxygen atoms in total. The highest BCUT2D eigenvalue weighted by molar-refractivity contribution is 7.12. The zero-order valence-electron chi connectivity index (χ0n) is 13.8. The van der Waals surface area contributed by atoms with E-state index in [1.807, 2.05) is 11.3 Å². The van der Waals surface area contributed by atoms with Gasteiger partial charge in [-0.3, -0.25) is 0 Å². The number of thiophene rings is 1. The quantitative estimate of drug-likeness (QED) is 0.423. The van der Waals surface area contributed by atoms with Crippen LogP contribution in [0.4, 0.5) is 0 Å². The van der Waals surface area contributed by atoms with Crippen LogP contribution in [0.15, 0.2) is 66.7 Å². The van der Waals surface area contributed by atoms with Crippen molar-refractivity contribution in [1.29, 1.82) is 0 Å². The Morgan fingerprint density at radius 3 is 2.22 bits per heavy atom. The van der Waals surface area contributed by atoms with Crippen molar-refractivity contribution in [2.24, 2.45) is 0 Å². The third kappa shape index (κ3) is 4.33. The fraction of sp³-hybridized carbons (Fsp3) is 0.273. The van der Waals surface area contributed by atoms with Gasteiger partial charge in [-0.2, -0.15) is 0 Å². The fourth-order valence-electron chi connectivity index (χ4n) is 2.93. The molecule has 1 aromatic heterocycles. The first-order valence-electron chi connectivity index (χ1n) is 8.57. The number of unbranched alkanes of at least 4 members (excludes halogenated alkanes) is 2. The van der Waals surface area contributed by atoms with Gasteiger partial charge in [0.25, 0.3) is 0 Å². The zero-order chi connectivity index (χ0) is 15.9. The van der Waals surface area contributed by atoms with E-state index in [0.29, 0.717) is 0 Å². The van der Waals surface area contributed by atoms with Crippen LogP contribution in [0.3, 0.4) is 0 Å². The second-order valence-corrected chi connectivity index (χ2v) is 7.26. The molecule has 0 fully saturated rings. The summed E-state index contributed by atoms with van der Waals surface area (Å²) in [4.78, 5) is 3.03. The van der Waals surface area contributed by atoms with Gasteiger partial charge < -0.3 is 0 Å². The van der Waals surface area contributed by atoms with Crippen LogP contribution < -0.4 is 0 Å². The maximum Gasteiger partial charge on any atom is 0.0170 e. The van der Waals surface area contributed by atoms with Crippen molar-refractivity contribution in [2.75, 3.05) is 0 Å². The molecule has 0 saturated heterocycles. The summed E-state index contributed by atoms with van der Waals surface area (Å²) in [5, 5.41) is 0. The third-order valence-corrected chi connectivity index (χ3v) is 5.37. The topological polar surface area (TPSA) is 0 Å². The minimum atomic E-state index is 1.03. The summed E-state index contributed by atoms with van der Waals surface area (Å²) in [7, 11) is 0. The summed E-state index contributed by atoms with van der Waals surface area (Å²) in [5.74, 6) is 0. The Labute approximate surface area is 143 Å². The lowest BCUT2D eigenvalue weighted by Crippen LogP contribution is -1.86. The van der Waals surface area contributed by atoms with Crippen molar-refractivity contribution < 1.29 is 0 Å². The van der Waals surface area contributed by atoms with Crippen molar-refractivity contribution in [3.05, 3.63) is 82.0 Å². The third-order valence-electron chi connectivity index (χ3n) is 4.18. The van der Waals surface area contributed by atoms with E-state index in [4.69, 9.17) is 0 Å². The Hall–Kier alpha value is -1.86. The smallest absolute Gasteiger partial charge is 0.0170 e. The predicted octanol–water partition coefficient (Wildman–Crippen LogP) is 6.74. The van der Waals surface area contributed by atoms with Gasteiger partial charge in [0.05, 0.1) is 0 Å². The molecule has 0 aliphatic carbocycles. The van der Waals surface area contributed by atoms with E-state index in [1.165, 1.54) is 52.1 Å². The highest BCUT2D eigenvalue weighted by Gasteiger charge is 2.11. The maximum absolute atomic E-state index is 2.42. The molecule has 0 atom stereocenters. The van der Waals surface area contributed by atoms with Gasteiger partial charge in [-0.25, -0.2) is 0 Å². The molecule has 0 N–H and O–H groups in total. The molecule has 0 aliphatic rings. The molecule has 0 saturated carbocycles. The van der Waals surface area contributed by atoms with Crippen molar-refractivity contribution in [3.63, 3.8) is 0 Å². The van der Waals surface area contributed by atoms with Crippen molar-refractivity contribution in [2.45, 2.75) is 39.0 Å². The van der Waals surface area contributed by atoms with E-state index in [2.05, 4.69) is 73.7 Å². The first-order valence-corrected chi connectivity index (χ1v) is 9.39. The lowest BCUT2D eigenvalue weighted by atomic mass is 10.0. The van der Waals surface area contributed by atoms with Crippen LogP contribution in [0.25, 0.3) is 11.1 Å². The van der Waals surface area contributed by atoms with Gasteiger partial charge in [-0.05, 0) is 35.6 Å². The molecule has 0 amide bonds. The molecule has 1 heteroatoms. The first-order chi connectivity index (χ1) is 11.4. The largest absolute Gasteiger partial charge is 0.144 e. The van der Waals surface area contributed by atoms with Gasteiger partial charge in [-0.1, -0.05) is 80.4 Å². The fourth-order valence-corrected chi connectivity index (χ4v) is 4.20.